The minimum absolute atomic E-state index is 0.0136. The highest BCUT2D eigenvalue weighted by molar-refractivity contribution is 8.02. The normalized spacial score (nSPS) is 37.1. The average molecular weight is 426 g/mol. The molecule has 3 rings (SSSR count). The van der Waals surface area contributed by atoms with Crippen LogP contribution in [0.1, 0.15) is 54.4 Å². The minimum Gasteiger partial charge on any atom is -0.394 e. The highest BCUT2D eigenvalue weighted by Crippen LogP contribution is 2.71. The number of likely N-dealkylation sites (tertiary alicyclic amines) is 1. The van der Waals surface area contributed by atoms with Gasteiger partial charge in [0.25, 0.3) is 0 Å². The van der Waals surface area contributed by atoms with Gasteiger partial charge >= 0.3 is 0 Å². The van der Waals surface area contributed by atoms with E-state index in [2.05, 4.69) is 10.6 Å². The van der Waals surface area contributed by atoms with E-state index in [4.69, 9.17) is 0 Å². The number of aliphatic hydroxyl groups excluding tert-OH is 1. The van der Waals surface area contributed by atoms with Gasteiger partial charge in [0.15, 0.2) is 0 Å². The third-order valence-corrected chi connectivity index (χ3v) is 8.79. The number of nitrogens with zero attached hydrogens (tertiary/aromatic N) is 1. The summed E-state index contributed by atoms with van der Waals surface area (Å²) in [5.41, 5.74) is -0.446. The summed E-state index contributed by atoms with van der Waals surface area (Å²) in [6.07, 6.45) is 1.51. The monoisotopic (exact) mass is 425 g/mol. The summed E-state index contributed by atoms with van der Waals surface area (Å²) in [6.45, 7) is 11.5. The van der Waals surface area contributed by atoms with Crippen molar-refractivity contribution in [3.63, 3.8) is 0 Å². The largest absolute Gasteiger partial charge is 0.394 e. The van der Waals surface area contributed by atoms with Crippen molar-refractivity contribution in [3.8, 4) is 0 Å². The first-order valence-electron chi connectivity index (χ1n) is 10.5. The minimum atomic E-state index is -0.694. The third kappa shape index (κ3) is 3.26. The Morgan fingerprint density at radius 3 is 2.38 bits per heavy atom. The maximum Gasteiger partial charge on any atom is 0.244 e. The van der Waals surface area contributed by atoms with Gasteiger partial charge in [-0.2, -0.15) is 0 Å². The first-order valence-corrected chi connectivity index (χ1v) is 11.3. The van der Waals surface area contributed by atoms with Crippen molar-refractivity contribution in [2.24, 2.45) is 17.8 Å². The molecule has 3 heterocycles. The molecule has 0 aromatic rings. The van der Waals surface area contributed by atoms with Crippen molar-refractivity contribution in [1.29, 1.82) is 0 Å². The highest BCUT2D eigenvalue weighted by atomic mass is 32.2. The maximum atomic E-state index is 13.8. The summed E-state index contributed by atoms with van der Waals surface area (Å²) in [5.74, 6) is -1.53. The van der Waals surface area contributed by atoms with E-state index in [-0.39, 0.29) is 35.0 Å². The summed E-state index contributed by atoms with van der Waals surface area (Å²) in [4.78, 5) is 41.8. The molecule has 2 bridgehead atoms. The molecule has 6 atom stereocenters. The van der Waals surface area contributed by atoms with Crippen LogP contribution in [0.15, 0.2) is 0 Å². The van der Waals surface area contributed by atoms with Crippen LogP contribution in [-0.2, 0) is 14.4 Å². The lowest BCUT2D eigenvalue weighted by Crippen LogP contribution is -2.60. The van der Waals surface area contributed by atoms with E-state index in [0.717, 1.165) is 6.42 Å². The third-order valence-electron chi connectivity index (χ3n) is 6.80. The Balaban J connectivity index is 2.13. The molecular weight excluding hydrogens is 390 g/mol. The number of carbonyl (C=O) groups excluding carboxylic acids is 3. The Morgan fingerprint density at radius 2 is 1.90 bits per heavy atom. The van der Waals surface area contributed by atoms with Gasteiger partial charge in [0.2, 0.25) is 17.7 Å². The molecule has 0 saturated carbocycles. The second-order valence-corrected chi connectivity index (χ2v) is 12.2. The molecule has 8 heteroatoms. The molecule has 164 valence electrons. The second kappa shape index (κ2) is 7.15. The van der Waals surface area contributed by atoms with Crippen LogP contribution < -0.4 is 10.6 Å². The maximum absolute atomic E-state index is 13.8. The topological polar surface area (TPSA) is 98.7 Å². The first-order chi connectivity index (χ1) is 13.3. The fraction of sp³-hybridized carbons (Fsp3) is 0.857. The van der Waals surface area contributed by atoms with E-state index in [1.807, 2.05) is 41.5 Å². The van der Waals surface area contributed by atoms with Crippen LogP contribution >= 0.6 is 11.8 Å². The zero-order chi connectivity index (χ0) is 21.9. The Labute approximate surface area is 177 Å². The van der Waals surface area contributed by atoms with Crippen LogP contribution in [0.25, 0.3) is 0 Å². The van der Waals surface area contributed by atoms with Crippen molar-refractivity contribution in [2.45, 2.75) is 81.5 Å². The molecule has 29 heavy (non-hydrogen) atoms. The molecule has 0 aromatic carbocycles. The summed E-state index contributed by atoms with van der Waals surface area (Å²) >= 11 is 1.65. The van der Waals surface area contributed by atoms with Gasteiger partial charge in [0, 0.05) is 17.3 Å². The second-order valence-electron chi connectivity index (χ2n) is 10.3. The van der Waals surface area contributed by atoms with Gasteiger partial charge in [-0.25, -0.2) is 0 Å². The lowest BCUT2D eigenvalue weighted by Gasteiger charge is -2.39. The summed E-state index contributed by atoms with van der Waals surface area (Å²) in [5, 5.41) is 15.9. The van der Waals surface area contributed by atoms with Crippen molar-refractivity contribution in [1.82, 2.24) is 15.5 Å². The van der Waals surface area contributed by atoms with Crippen molar-refractivity contribution in [3.05, 3.63) is 0 Å². The number of nitrogens with one attached hydrogen (secondary N) is 2. The van der Waals surface area contributed by atoms with E-state index in [1.165, 1.54) is 0 Å². The lowest BCUT2D eigenvalue weighted by molar-refractivity contribution is -0.144. The quantitative estimate of drug-likeness (QED) is 0.614. The molecule has 2 unspecified atom stereocenters. The molecule has 1 spiro atoms. The molecule has 0 aromatic heterocycles. The molecular formula is C21H35N3O4S. The molecule has 0 aliphatic carbocycles. The van der Waals surface area contributed by atoms with E-state index in [0.29, 0.717) is 6.42 Å². The van der Waals surface area contributed by atoms with E-state index in [1.54, 1.807) is 23.7 Å². The average Bonchev–Trinajstić information content (AvgIpc) is 3.15. The van der Waals surface area contributed by atoms with Gasteiger partial charge < -0.3 is 20.6 Å². The fourth-order valence-corrected chi connectivity index (χ4v) is 7.98. The molecule has 3 aliphatic rings. The van der Waals surface area contributed by atoms with Gasteiger partial charge in [-0.15, -0.1) is 11.8 Å². The van der Waals surface area contributed by atoms with Crippen LogP contribution in [0.5, 0.6) is 0 Å². The number of rotatable bonds is 5. The molecule has 3 saturated heterocycles. The Bertz CT molecular complexity index is 721. The van der Waals surface area contributed by atoms with Crippen LogP contribution in [0, 0.1) is 17.8 Å². The molecule has 7 nitrogen and oxygen atoms in total. The van der Waals surface area contributed by atoms with Crippen molar-refractivity contribution >= 4 is 29.5 Å². The predicted molar refractivity (Wildman–Crippen MR) is 113 cm³/mol. The number of hydrogen-bond acceptors (Lipinski definition) is 5. The van der Waals surface area contributed by atoms with Gasteiger partial charge in [0.05, 0.1) is 29.2 Å². The van der Waals surface area contributed by atoms with Gasteiger partial charge in [-0.3, -0.25) is 14.4 Å². The van der Waals surface area contributed by atoms with E-state index >= 15 is 0 Å². The van der Waals surface area contributed by atoms with Crippen LogP contribution in [-0.4, -0.2) is 68.5 Å². The van der Waals surface area contributed by atoms with Gasteiger partial charge in [-0.1, -0.05) is 13.8 Å². The predicted octanol–water partition coefficient (Wildman–Crippen LogP) is 1.15. The summed E-state index contributed by atoms with van der Waals surface area (Å²) in [6, 6.07) is -1.16. The molecule has 0 radical (unpaired) electrons. The SMILES string of the molecule is CNC(=O)[C@H]1[C@H]2C(=O)N([C@@H](CO)C(C)C)C(C(=O)NC(C)(C)C)C23CC[C@]1(C)S3. The number of amides is 3. The first kappa shape index (κ1) is 22.4. The fourth-order valence-electron chi connectivity index (χ4n) is 5.64. The lowest BCUT2D eigenvalue weighted by atomic mass is 9.66. The van der Waals surface area contributed by atoms with Crippen molar-refractivity contribution < 1.29 is 19.5 Å². The van der Waals surface area contributed by atoms with Gasteiger partial charge in [0.1, 0.15) is 6.04 Å². The Kier molecular flexibility index (Phi) is 5.52. The van der Waals surface area contributed by atoms with E-state index < -0.39 is 34.2 Å². The highest BCUT2D eigenvalue weighted by Gasteiger charge is 2.77. The molecule has 3 aliphatic heterocycles. The Hall–Kier alpha value is -1.28. The molecule has 3 N–H and O–H groups in total. The number of hydrogen-bond donors (Lipinski definition) is 3. The van der Waals surface area contributed by atoms with Crippen LogP contribution in [0.3, 0.4) is 0 Å². The molecule has 3 amide bonds. The zero-order valence-electron chi connectivity index (χ0n) is 18.5. The Morgan fingerprint density at radius 1 is 1.28 bits per heavy atom. The van der Waals surface area contributed by atoms with Gasteiger partial charge in [-0.05, 0) is 46.5 Å². The zero-order valence-corrected chi connectivity index (χ0v) is 19.4. The van der Waals surface area contributed by atoms with Crippen LogP contribution in [0.2, 0.25) is 0 Å². The number of aliphatic hydroxyl groups is 1. The van der Waals surface area contributed by atoms with Crippen LogP contribution in [0.4, 0.5) is 0 Å². The number of carbonyl (C=O) groups is 3. The van der Waals surface area contributed by atoms with Crippen molar-refractivity contribution in [2.75, 3.05) is 13.7 Å². The molecule has 3 fully saturated rings. The standard InChI is InChI=1S/C21H35N3O4S/c1-11(2)12(10-25)24-15(17(27)23-19(3,4)5)21-9-8-20(6,29-21)13(16(26)22-7)14(21)18(24)28/h11-15,25H,8-10H2,1-7H3,(H,22,26)(H,23,27)/t12-,13+,14-,15?,20-,21?/m0/s1. The summed E-state index contributed by atoms with van der Waals surface area (Å²) in [7, 11) is 1.60. The van der Waals surface area contributed by atoms with E-state index in [9.17, 15) is 19.5 Å². The number of fused-ring (bicyclic) bond motifs is 1. The number of thioether (sulfide) groups is 1. The smallest absolute Gasteiger partial charge is 0.244 e. The summed E-state index contributed by atoms with van der Waals surface area (Å²) < 4.78 is -1.00.